The largest absolute Gasteiger partial charge is 0.449 e. The number of carbonyl (C=O) groups excluding carboxylic acids is 4. The van der Waals surface area contributed by atoms with E-state index in [9.17, 15) is 28.7 Å². The van der Waals surface area contributed by atoms with Crippen LogP contribution in [0.1, 0.15) is 88.3 Å². The highest BCUT2D eigenvalue weighted by Gasteiger charge is 2.71. The summed E-state index contributed by atoms with van der Waals surface area (Å²) in [6.45, 7) is 9.62. The van der Waals surface area contributed by atoms with Crippen LogP contribution in [-0.4, -0.2) is 61.5 Å². The number of rotatable bonds is 8. The van der Waals surface area contributed by atoms with Crippen molar-refractivity contribution in [2.75, 3.05) is 6.01 Å². The molecule has 10 nitrogen and oxygen atoms in total. The van der Waals surface area contributed by atoms with Crippen LogP contribution in [-0.2, 0) is 25.5 Å². The Morgan fingerprint density at radius 3 is 2.71 bits per heavy atom. The molecular formula is C36H45FN4O6S. The third kappa shape index (κ3) is 5.21. The number of aromatic nitrogens is 2. The maximum atomic E-state index is 13.6. The minimum Gasteiger partial charge on any atom is -0.449 e. The Kier molecular flexibility index (Phi) is 8.89. The maximum absolute atomic E-state index is 13.6. The summed E-state index contributed by atoms with van der Waals surface area (Å²) in [6.07, 6.45) is 6.09. The topological polar surface area (TPSA) is 154 Å². The summed E-state index contributed by atoms with van der Waals surface area (Å²) in [5.41, 5.74) is 6.89. The minimum absolute atomic E-state index is 0.0100. The molecule has 1 heterocycles. The Morgan fingerprint density at radius 2 is 2.02 bits per heavy atom. The van der Waals surface area contributed by atoms with E-state index < -0.39 is 52.1 Å². The number of aliphatic hydroxyl groups is 1. The number of hydrogen-bond donors (Lipinski definition) is 3. The first-order valence-corrected chi connectivity index (χ1v) is 17.8. The Bertz CT molecular complexity index is 1690. The van der Waals surface area contributed by atoms with Crippen LogP contribution >= 0.6 is 11.8 Å². The van der Waals surface area contributed by atoms with E-state index in [0.717, 1.165) is 17.7 Å². The second-order valence-corrected chi connectivity index (χ2v) is 15.5. The molecule has 3 saturated carbocycles. The molecule has 4 aliphatic carbocycles. The van der Waals surface area contributed by atoms with Gasteiger partial charge in [-0.05, 0) is 110 Å². The molecule has 0 unspecified atom stereocenters. The molecular weight excluding hydrogens is 635 g/mol. The molecule has 1 aromatic heterocycles. The van der Waals surface area contributed by atoms with Crippen molar-refractivity contribution in [3.8, 4) is 5.69 Å². The number of nitrogens with one attached hydrogen (secondary N) is 1. The van der Waals surface area contributed by atoms with Gasteiger partial charge in [-0.15, -0.1) is 0 Å². The Hall–Kier alpha value is -3.51. The Morgan fingerprint density at radius 1 is 1.27 bits per heavy atom. The molecule has 0 spiro atoms. The highest BCUT2D eigenvalue weighted by Crippen LogP contribution is 2.69. The highest BCUT2D eigenvalue weighted by molar-refractivity contribution is 8.13. The van der Waals surface area contributed by atoms with Crippen molar-refractivity contribution in [1.29, 1.82) is 0 Å². The van der Waals surface area contributed by atoms with E-state index in [4.69, 9.17) is 15.6 Å². The molecule has 0 bridgehead atoms. The zero-order valence-corrected chi connectivity index (χ0v) is 28.9. The summed E-state index contributed by atoms with van der Waals surface area (Å²) < 4.78 is 21.4. The van der Waals surface area contributed by atoms with Crippen molar-refractivity contribution in [3.05, 3.63) is 52.9 Å². The number of halogens is 1. The van der Waals surface area contributed by atoms with Gasteiger partial charge in [0.1, 0.15) is 12.0 Å². The van der Waals surface area contributed by atoms with Crippen molar-refractivity contribution in [2.45, 2.75) is 90.9 Å². The van der Waals surface area contributed by atoms with Gasteiger partial charge in [-0.1, -0.05) is 39.3 Å². The first-order chi connectivity index (χ1) is 22.7. The van der Waals surface area contributed by atoms with Crippen LogP contribution in [0.5, 0.6) is 0 Å². The van der Waals surface area contributed by atoms with Crippen LogP contribution in [0.15, 0.2) is 36.0 Å². The normalized spacial score (nSPS) is 34.1. The number of amides is 2. The number of aliphatic hydroxyl groups excluding tert-OH is 1. The van der Waals surface area contributed by atoms with Crippen LogP contribution < -0.4 is 11.1 Å². The number of esters is 1. The van der Waals surface area contributed by atoms with Crippen molar-refractivity contribution in [3.63, 3.8) is 0 Å². The molecule has 48 heavy (non-hydrogen) atoms. The summed E-state index contributed by atoms with van der Waals surface area (Å²) in [7, 11) is 0. The fourth-order valence-electron chi connectivity index (χ4n) is 9.93. The lowest BCUT2D eigenvalue weighted by Crippen LogP contribution is -2.63. The second-order valence-electron chi connectivity index (χ2n) is 14.7. The number of allylic oxidation sites excluding steroid dienone is 1. The number of carbonyl (C=O) groups is 4. The lowest BCUT2D eigenvalue weighted by Gasteiger charge is -2.61. The van der Waals surface area contributed by atoms with Gasteiger partial charge in [0, 0.05) is 17.4 Å². The maximum Gasteiger partial charge on any atom is 0.306 e. The van der Waals surface area contributed by atoms with Gasteiger partial charge in [-0.2, -0.15) is 5.10 Å². The summed E-state index contributed by atoms with van der Waals surface area (Å²) in [6, 6.07) is 5.34. The molecule has 3 fully saturated rings. The first-order valence-electron chi connectivity index (χ1n) is 16.8. The van der Waals surface area contributed by atoms with Crippen molar-refractivity contribution in [2.24, 2.45) is 40.2 Å². The van der Waals surface area contributed by atoms with Gasteiger partial charge in [0.05, 0.1) is 23.7 Å². The number of nitrogens with two attached hydrogens (primary N) is 1. The zero-order valence-electron chi connectivity index (χ0n) is 28.1. The molecule has 4 aliphatic rings. The molecule has 9 atom stereocenters. The predicted octanol–water partition coefficient (Wildman–Crippen LogP) is 4.75. The number of hydrogen-bond acceptors (Lipinski definition) is 8. The van der Waals surface area contributed by atoms with E-state index in [-0.39, 0.29) is 41.9 Å². The lowest BCUT2D eigenvalue weighted by atomic mass is 9.44. The molecule has 4 N–H and O–H groups in total. The van der Waals surface area contributed by atoms with E-state index in [2.05, 4.69) is 25.2 Å². The zero-order chi connectivity index (χ0) is 34.8. The van der Waals surface area contributed by atoms with Crippen molar-refractivity contribution >= 4 is 40.7 Å². The summed E-state index contributed by atoms with van der Waals surface area (Å²) in [4.78, 5) is 50.6. The van der Waals surface area contributed by atoms with Crippen LogP contribution in [0.25, 0.3) is 11.8 Å². The summed E-state index contributed by atoms with van der Waals surface area (Å²) in [5.74, 6) is -1.39. The molecule has 2 aromatic rings. The van der Waals surface area contributed by atoms with Crippen molar-refractivity contribution < 1.29 is 33.4 Å². The van der Waals surface area contributed by atoms with Gasteiger partial charge in [0.15, 0.2) is 5.60 Å². The van der Waals surface area contributed by atoms with Crippen LogP contribution in [0, 0.1) is 34.5 Å². The second kappa shape index (κ2) is 12.4. The van der Waals surface area contributed by atoms with E-state index in [1.807, 2.05) is 23.9 Å². The minimum atomic E-state index is -1.47. The first kappa shape index (κ1) is 34.4. The average molecular weight is 681 g/mol. The molecule has 12 heteroatoms. The van der Waals surface area contributed by atoms with Crippen LogP contribution in [0.4, 0.5) is 4.39 Å². The van der Waals surface area contributed by atoms with E-state index in [1.54, 1.807) is 25.1 Å². The summed E-state index contributed by atoms with van der Waals surface area (Å²) >= 11 is 0.558. The van der Waals surface area contributed by atoms with Crippen LogP contribution in [0.2, 0.25) is 0 Å². The van der Waals surface area contributed by atoms with Gasteiger partial charge in [-0.25, -0.2) is 9.07 Å². The molecule has 1 aromatic carbocycles. The highest BCUT2D eigenvalue weighted by atomic mass is 32.2. The fourth-order valence-corrected chi connectivity index (χ4v) is 10.6. The van der Waals surface area contributed by atoms with Crippen LogP contribution in [0.3, 0.4) is 0 Å². The summed E-state index contributed by atoms with van der Waals surface area (Å²) in [5, 5.41) is 19.0. The molecule has 6 rings (SSSR count). The quantitative estimate of drug-likeness (QED) is 0.338. The molecule has 0 saturated heterocycles. The molecule has 0 radical (unpaired) electrons. The van der Waals surface area contributed by atoms with E-state index in [0.29, 0.717) is 42.3 Å². The molecule has 0 aliphatic heterocycles. The van der Waals surface area contributed by atoms with E-state index in [1.165, 1.54) is 12.5 Å². The fraction of sp³-hybridized carbons (Fsp3) is 0.583. The Labute approximate surface area is 284 Å². The van der Waals surface area contributed by atoms with Crippen molar-refractivity contribution in [1.82, 2.24) is 15.1 Å². The number of ether oxygens (including phenoxy) is 1. The number of nitrogens with zero attached hydrogens (tertiary/aromatic N) is 2. The number of fused-ring (bicyclic) bond motifs is 6. The SMILES string of the molecule is CCC(=O)O[C@]1(C(=O)SCF)CC[C@H]2[C@@H]3C[C@H](C)C4=Cc5c(cnn5-c5cccc(C(=O)N[C@H](C)C(N)=O)c5)C[C@]4(C)[C@H]3[C@@H](O)C[C@@]21C. The van der Waals surface area contributed by atoms with Gasteiger partial charge >= 0.3 is 5.97 Å². The van der Waals surface area contributed by atoms with E-state index >= 15 is 0 Å². The lowest BCUT2D eigenvalue weighted by molar-refractivity contribution is -0.197. The smallest absolute Gasteiger partial charge is 0.306 e. The number of benzene rings is 1. The number of thioether (sulfide) groups is 1. The van der Waals surface area contributed by atoms with Gasteiger partial charge in [-0.3, -0.25) is 19.2 Å². The molecule has 258 valence electrons. The number of primary amides is 1. The monoisotopic (exact) mass is 680 g/mol. The predicted molar refractivity (Wildman–Crippen MR) is 179 cm³/mol. The van der Waals surface area contributed by atoms with Gasteiger partial charge < -0.3 is 20.9 Å². The van der Waals surface area contributed by atoms with Gasteiger partial charge in [0.25, 0.3) is 5.91 Å². The number of alkyl halides is 1. The third-order valence-electron chi connectivity index (χ3n) is 12.1. The third-order valence-corrected chi connectivity index (χ3v) is 12.8. The van der Waals surface area contributed by atoms with Gasteiger partial charge in [0.2, 0.25) is 11.0 Å². The molecule has 2 amide bonds. The standard InChI is InChI=1S/C36H45FN4O6S/c1-6-29(43)47-36(33(46)48-18-37)11-10-25-24-12-19(2)26-14-27-22(15-34(26,4)30(24)28(42)16-35(25,36)5)17-39-41(27)23-9-7-8-21(13-23)32(45)40-20(3)31(38)44/h7-9,13-14,17,19-20,24-25,28,30,42H,6,10-12,15-16,18H2,1-5H3,(H2,38,44)(H,40,45)/t19-,20+,24-,25-,28-,30+,34-,35-,36-/m0/s1. The average Bonchev–Trinajstić information content (AvgIpc) is 3.57. The Balaban J connectivity index is 1.33.